The zero-order chi connectivity index (χ0) is 41.7. The van der Waals surface area contributed by atoms with Crippen molar-refractivity contribution in [3.05, 3.63) is 209 Å². The summed E-state index contributed by atoms with van der Waals surface area (Å²) in [5.74, 6) is 2.99. The fraction of sp³-hybridized carbons (Fsp3) is 0.226. The molecule has 6 aliphatic carbocycles. The minimum atomic E-state index is -0.439. The summed E-state index contributed by atoms with van der Waals surface area (Å²) in [6, 6.07) is 67.4. The summed E-state index contributed by atoms with van der Waals surface area (Å²) in [7, 11) is 0. The van der Waals surface area contributed by atoms with Crippen molar-refractivity contribution in [2.45, 2.75) is 62.2 Å². The molecule has 3 fully saturated rings. The predicted molar refractivity (Wildman–Crippen MR) is 262 cm³/mol. The first kappa shape index (κ1) is 35.8. The van der Waals surface area contributed by atoms with E-state index < -0.39 is 5.41 Å². The van der Waals surface area contributed by atoms with Gasteiger partial charge in [0.15, 0.2) is 5.58 Å². The number of furan rings is 1. The fourth-order valence-corrected chi connectivity index (χ4v) is 15.6. The van der Waals surface area contributed by atoms with Crippen LogP contribution in [0.4, 0.5) is 17.1 Å². The molecule has 0 amide bonds. The van der Waals surface area contributed by atoms with Gasteiger partial charge in [-0.1, -0.05) is 165 Å². The Kier molecular flexibility index (Phi) is 7.26. The van der Waals surface area contributed by atoms with Crippen molar-refractivity contribution in [3.63, 3.8) is 0 Å². The third-order valence-electron chi connectivity index (χ3n) is 17.6. The Morgan fingerprint density at radius 2 is 0.859 bits per heavy atom. The second kappa shape index (κ2) is 13.0. The van der Waals surface area contributed by atoms with Crippen LogP contribution in [0.2, 0.25) is 0 Å². The summed E-state index contributed by atoms with van der Waals surface area (Å²) in [6.07, 6.45) is 11.0. The van der Waals surface area contributed by atoms with Crippen LogP contribution >= 0.6 is 0 Å². The Morgan fingerprint density at radius 3 is 1.48 bits per heavy atom. The van der Waals surface area contributed by atoms with E-state index in [0.717, 1.165) is 45.1 Å². The second-order valence-corrected chi connectivity index (χ2v) is 20.0. The minimum absolute atomic E-state index is 0.0378. The van der Waals surface area contributed by atoms with E-state index >= 15 is 0 Å². The highest BCUT2D eigenvalue weighted by Crippen LogP contribution is 2.71. The van der Waals surface area contributed by atoms with E-state index in [1.807, 2.05) is 0 Å². The Labute approximate surface area is 375 Å². The van der Waals surface area contributed by atoms with Crippen LogP contribution in [0.15, 0.2) is 180 Å². The summed E-state index contributed by atoms with van der Waals surface area (Å²) in [5.41, 5.74) is 21.8. The molecule has 2 spiro atoms. The third kappa shape index (κ3) is 4.33. The lowest BCUT2D eigenvalue weighted by atomic mass is 9.60. The summed E-state index contributed by atoms with van der Waals surface area (Å²) >= 11 is 0. The average Bonchev–Trinajstić information content (AvgIpc) is 4.13. The Morgan fingerprint density at radius 1 is 0.391 bits per heavy atom. The fourth-order valence-electron chi connectivity index (χ4n) is 15.6. The van der Waals surface area contributed by atoms with Crippen molar-refractivity contribution < 1.29 is 4.42 Å². The van der Waals surface area contributed by atoms with Crippen LogP contribution in [0.1, 0.15) is 84.7 Å². The van der Waals surface area contributed by atoms with Gasteiger partial charge in [0.25, 0.3) is 0 Å². The summed E-state index contributed by atoms with van der Waals surface area (Å²) < 4.78 is 6.97. The molecule has 0 bridgehead atoms. The molecule has 2 nitrogen and oxygen atoms in total. The lowest BCUT2D eigenvalue weighted by Crippen LogP contribution is -2.39. The molecule has 6 aliphatic rings. The van der Waals surface area contributed by atoms with Gasteiger partial charge in [0.2, 0.25) is 0 Å². The molecule has 308 valence electrons. The number of anilines is 3. The van der Waals surface area contributed by atoms with E-state index in [1.165, 1.54) is 113 Å². The van der Waals surface area contributed by atoms with Crippen molar-refractivity contribution in [1.29, 1.82) is 0 Å². The number of benzene rings is 8. The molecule has 1 heterocycles. The Balaban J connectivity index is 1.01. The number of fused-ring (bicyclic) bond motifs is 23. The molecule has 0 radical (unpaired) electrons. The van der Waals surface area contributed by atoms with Crippen molar-refractivity contribution in [1.82, 2.24) is 0 Å². The summed E-state index contributed by atoms with van der Waals surface area (Å²) in [4.78, 5) is 2.57. The highest BCUT2D eigenvalue weighted by Gasteiger charge is 2.64. The standard InChI is InChI=1S/C62H49NO/c1-8-24-50-40(16-1)41-17-2-9-25-51(41)61(50)54-28-12-5-20-44(54)46-34-32-38(36-56(46)61)63(58-30-15-23-49-48-22-7-14-31-59(48)64-60(49)58)39-33-35-47-45-21-6-13-29-55(45)62(57(47)37-39)52-26-10-3-18-42(52)43-19-4-11-27-53(43)62/h1-2,5-9,12-17,20-25,28-37,42-43,52-53H,3-4,10-11,18-19,26-27H2. The van der Waals surface area contributed by atoms with Gasteiger partial charge in [-0.05, 0) is 153 Å². The molecule has 9 aromatic rings. The van der Waals surface area contributed by atoms with E-state index in [4.69, 9.17) is 4.42 Å². The largest absolute Gasteiger partial charge is 0.454 e. The molecule has 2 heteroatoms. The molecule has 0 aliphatic heterocycles. The first-order chi connectivity index (χ1) is 31.8. The van der Waals surface area contributed by atoms with E-state index in [0.29, 0.717) is 11.8 Å². The van der Waals surface area contributed by atoms with Gasteiger partial charge in [-0.3, -0.25) is 0 Å². The molecule has 1 aromatic heterocycles. The van der Waals surface area contributed by atoms with E-state index in [-0.39, 0.29) is 5.41 Å². The molecule has 64 heavy (non-hydrogen) atoms. The van der Waals surface area contributed by atoms with Crippen LogP contribution in [0, 0.1) is 23.7 Å². The maximum Gasteiger partial charge on any atom is 0.159 e. The maximum atomic E-state index is 6.97. The third-order valence-corrected chi connectivity index (χ3v) is 17.6. The summed E-state index contributed by atoms with van der Waals surface area (Å²) in [6.45, 7) is 0. The minimum Gasteiger partial charge on any atom is -0.454 e. The van der Waals surface area contributed by atoms with E-state index in [1.54, 1.807) is 11.1 Å². The Hall–Kier alpha value is -6.64. The van der Waals surface area contributed by atoms with Crippen LogP contribution < -0.4 is 4.90 Å². The normalized spacial score (nSPS) is 23.6. The lowest BCUT2D eigenvalue weighted by molar-refractivity contribution is 0.184. The maximum absolute atomic E-state index is 6.97. The first-order valence-corrected chi connectivity index (χ1v) is 24.1. The molecular formula is C62H49NO. The molecule has 15 rings (SSSR count). The molecule has 4 atom stereocenters. The van der Waals surface area contributed by atoms with Crippen LogP contribution in [0.3, 0.4) is 0 Å². The molecule has 3 saturated carbocycles. The van der Waals surface area contributed by atoms with Gasteiger partial charge in [0.1, 0.15) is 5.58 Å². The van der Waals surface area contributed by atoms with Gasteiger partial charge >= 0.3 is 0 Å². The highest BCUT2D eigenvalue weighted by molar-refractivity contribution is 6.10. The lowest BCUT2D eigenvalue weighted by Gasteiger charge is -2.43. The van der Waals surface area contributed by atoms with E-state index in [2.05, 4.69) is 181 Å². The quantitative estimate of drug-likeness (QED) is 0.176. The van der Waals surface area contributed by atoms with Gasteiger partial charge in [-0.2, -0.15) is 0 Å². The van der Waals surface area contributed by atoms with E-state index in [9.17, 15) is 0 Å². The number of nitrogens with zero attached hydrogens (tertiary/aromatic N) is 1. The molecule has 0 N–H and O–H groups in total. The van der Waals surface area contributed by atoms with Crippen LogP contribution in [-0.2, 0) is 10.8 Å². The number of rotatable bonds is 3. The number of hydrogen-bond acceptors (Lipinski definition) is 2. The van der Waals surface area contributed by atoms with Crippen LogP contribution in [0.25, 0.3) is 55.3 Å². The van der Waals surface area contributed by atoms with Crippen molar-refractivity contribution in [2.75, 3.05) is 4.90 Å². The zero-order valence-electron chi connectivity index (χ0n) is 36.1. The topological polar surface area (TPSA) is 16.4 Å². The molecule has 0 saturated heterocycles. The highest BCUT2D eigenvalue weighted by atomic mass is 16.3. The zero-order valence-corrected chi connectivity index (χ0v) is 36.1. The van der Waals surface area contributed by atoms with Gasteiger partial charge in [0, 0.05) is 27.6 Å². The van der Waals surface area contributed by atoms with Gasteiger partial charge in [-0.15, -0.1) is 0 Å². The van der Waals surface area contributed by atoms with Crippen LogP contribution in [0.5, 0.6) is 0 Å². The van der Waals surface area contributed by atoms with Gasteiger partial charge < -0.3 is 9.32 Å². The van der Waals surface area contributed by atoms with Crippen molar-refractivity contribution in [2.24, 2.45) is 23.7 Å². The number of hydrogen-bond donors (Lipinski definition) is 0. The van der Waals surface area contributed by atoms with Crippen molar-refractivity contribution >= 4 is 39.0 Å². The molecule has 4 unspecified atom stereocenters. The average molecular weight is 824 g/mol. The molecule has 8 aromatic carbocycles. The SMILES string of the molecule is c1ccc2c(c1)-c1ccccc1C21c2ccccc2-c2ccc(N(c3ccc4c(c3)C3(c5ccccc5-4)C4CCCCC4C4CCCCC43)c3cccc4c3oc3ccccc34)cc21. The monoisotopic (exact) mass is 823 g/mol. The number of para-hydroxylation sites is 2. The smallest absolute Gasteiger partial charge is 0.159 e. The Bertz CT molecular complexity index is 3340. The van der Waals surface area contributed by atoms with Gasteiger partial charge in [-0.25, -0.2) is 0 Å². The second-order valence-electron chi connectivity index (χ2n) is 20.0. The van der Waals surface area contributed by atoms with Crippen molar-refractivity contribution in [3.8, 4) is 33.4 Å². The molecular weight excluding hydrogens is 775 g/mol. The predicted octanol–water partition coefficient (Wildman–Crippen LogP) is 16.3. The van der Waals surface area contributed by atoms with Gasteiger partial charge in [0.05, 0.1) is 11.1 Å². The summed E-state index contributed by atoms with van der Waals surface area (Å²) in [5, 5.41) is 2.31. The first-order valence-electron chi connectivity index (χ1n) is 24.1. The van der Waals surface area contributed by atoms with Crippen LogP contribution in [-0.4, -0.2) is 0 Å².